The average molecular weight is 478 g/mol. The first-order valence-corrected chi connectivity index (χ1v) is 8.44. The molecule has 0 unspecified atom stereocenters. The van der Waals surface area contributed by atoms with Crippen LogP contribution in [0.5, 0.6) is 0 Å². The number of hydrogen-bond acceptors (Lipinski definition) is 4. The van der Waals surface area contributed by atoms with Crippen molar-refractivity contribution in [2.24, 2.45) is 4.99 Å². The Hall–Kier alpha value is -1.35. The van der Waals surface area contributed by atoms with Gasteiger partial charge < -0.3 is 15.2 Å². The molecule has 0 saturated heterocycles. The number of aliphatic imine (C=N–C) groups is 1. The number of hydrogen-bond donors (Lipinski definition) is 2. The van der Waals surface area contributed by atoms with Crippen LogP contribution in [0.4, 0.5) is 0 Å². The van der Waals surface area contributed by atoms with Gasteiger partial charge >= 0.3 is 0 Å². The first kappa shape index (κ1) is 21.7. The van der Waals surface area contributed by atoms with Gasteiger partial charge in [-0.2, -0.15) is 0 Å². The minimum atomic E-state index is 0. The monoisotopic (exact) mass is 477 g/mol. The Morgan fingerprint density at radius 2 is 1.96 bits per heavy atom. The summed E-state index contributed by atoms with van der Waals surface area (Å²) in [6.07, 6.45) is 4.60. The van der Waals surface area contributed by atoms with Gasteiger partial charge in [0.05, 0.1) is 5.69 Å². The topological polar surface area (TPSA) is 75.3 Å². The molecule has 0 aliphatic carbocycles. The van der Waals surface area contributed by atoms with Crippen molar-refractivity contribution in [1.82, 2.24) is 20.8 Å². The Morgan fingerprint density at radius 1 is 1.20 bits per heavy atom. The van der Waals surface area contributed by atoms with E-state index < -0.39 is 0 Å². The van der Waals surface area contributed by atoms with Crippen LogP contribution in [-0.2, 0) is 12.8 Å². The molecule has 2 N–H and O–H groups in total. The number of pyridine rings is 1. The molecule has 25 heavy (non-hydrogen) atoms. The van der Waals surface area contributed by atoms with Gasteiger partial charge in [-0.1, -0.05) is 22.8 Å². The quantitative estimate of drug-likeness (QED) is 0.210. The molecule has 0 aromatic carbocycles. The Morgan fingerprint density at radius 3 is 2.56 bits per heavy atom. The van der Waals surface area contributed by atoms with E-state index in [-0.39, 0.29) is 24.0 Å². The van der Waals surface area contributed by atoms with Gasteiger partial charge in [-0.15, -0.1) is 24.0 Å². The van der Waals surface area contributed by atoms with Crippen LogP contribution >= 0.6 is 35.6 Å². The van der Waals surface area contributed by atoms with Gasteiger partial charge in [0.1, 0.15) is 10.9 Å². The van der Waals surface area contributed by atoms with E-state index in [1.807, 2.05) is 19.9 Å². The second kappa shape index (κ2) is 11.3. The van der Waals surface area contributed by atoms with Crippen molar-refractivity contribution in [2.45, 2.75) is 33.1 Å². The van der Waals surface area contributed by atoms with Crippen molar-refractivity contribution in [3.63, 3.8) is 0 Å². The van der Waals surface area contributed by atoms with Crippen molar-refractivity contribution in [3.05, 3.63) is 46.1 Å². The zero-order valence-electron chi connectivity index (χ0n) is 14.8. The molecule has 0 bridgehead atoms. The lowest BCUT2D eigenvalue weighted by Gasteiger charge is -2.11. The Labute approximate surface area is 170 Å². The maximum atomic E-state index is 5.78. The summed E-state index contributed by atoms with van der Waals surface area (Å²) in [6, 6.07) is 3.79. The van der Waals surface area contributed by atoms with Gasteiger partial charge in [0, 0.05) is 31.9 Å². The molecular weight excluding hydrogens is 453 g/mol. The SMILES string of the molecule is CN=C(NCCCc1c(C)noc1C)NCCc1ccc(Cl)nc1.I. The predicted octanol–water partition coefficient (Wildman–Crippen LogP) is 3.30. The largest absolute Gasteiger partial charge is 0.361 e. The smallest absolute Gasteiger partial charge is 0.190 e. The fourth-order valence-electron chi connectivity index (χ4n) is 2.43. The molecular formula is C17H25ClIN5O. The molecule has 6 nitrogen and oxygen atoms in total. The van der Waals surface area contributed by atoms with E-state index in [4.69, 9.17) is 16.1 Å². The molecule has 0 amide bonds. The molecule has 0 radical (unpaired) electrons. The van der Waals surface area contributed by atoms with Gasteiger partial charge in [0.15, 0.2) is 5.96 Å². The summed E-state index contributed by atoms with van der Waals surface area (Å²) < 4.78 is 5.18. The zero-order chi connectivity index (χ0) is 17.4. The van der Waals surface area contributed by atoms with Crippen LogP contribution in [0.3, 0.4) is 0 Å². The van der Waals surface area contributed by atoms with Crippen molar-refractivity contribution in [3.8, 4) is 0 Å². The third-order valence-electron chi connectivity index (χ3n) is 3.80. The van der Waals surface area contributed by atoms with Crippen molar-refractivity contribution in [2.75, 3.05) is 20.1 Å². The lowest BCUT2D eigenvalue weighted by Crippen LogP contribution is -2.38. The number of nitrogens with zero attached hydrogens (tertiary/aromatic N) is 3. The van der Waals surface area contributed by atoms with Gasteiger partial charge in [-0.05, 0) is 44.7 Å². The zero-order valence-corrected chi connectivity index (χ0v) is 17.9. The number of nitrogens with one attached hydrogen (secondary N) is 2. The van der Waals surface area contributed by atoms with E-state index in [2.05, 4.69) is 25.8 Å². The van der Waals surface area contributed by atoms with E-state index in [0.717, 1.165) is 55.3 Å². The molecule has 138 valence electrons. The van der Waals surface area contributed by atoms with Crippen LogP contribution in [0, 0.1) is 13.8 Å². The first-order valence-electron chi connectivity index (χ1n) is 8.07. The molecule has 2 aromatic rings. The molecule has 0 aliphatic rings. The molecule has 0 aliphatic heterocycles. The maximum Gasteiger partial charge on any atom is 0.190 e. The summed E-state index contributed by atoms with van der Waals surface area (Å²) in [7, 11) is 1.77. The van der Waals surface area contributed by atoms with Crippen molar-refractivity contribution < 1.29 is 4.52 Å². The fraction of sp³-hybridized carbons (Fsp3) is 0.471. The van der Waals surface area contributed by atoms with Crippen LogP contribution in [0.15, 0.2) is 27.8 Å². The van der Waals surface area contributed by atoms with Crippen molar-refractivity contribution >= 4 is 41.5 Å². The van der Waals surface area contributed by atoms with E-state index >= 15 is 0 Å². The number of rotatable bonds is 7. The molecule has 0 atom stereocenters. The van der Waals surface area contributed by atoms with Gasteiger partial charge in [0.25, 0.3) is 0 Å². The second-order valence-electron chi connectivity index (χ2n) is 5.57. The molecule has 0 fully saturated rings. The summed E-state index contributed by atoms with van der Waals surface area (Å²) in [5.74, 6) is 1.71. The Kier molecular flexibility index (Phi) is 9.81. The number of aryl methyl sites for hydroxylation is 2. The summed E-state index contributed by atoms with van der Waals surface area (Å²) in [5.41, 5.74) is 3.32. The highest BCUT2D eigenvalue weighted by Gasteiger charge is 2.08. The normalized spacial score (nSPS) is 11.1. The van der Waals surface area contributed by atoms with Crippen LogP contribution in [0.2, 0.25) is 5.15 Å². The van der Waals surface area contributed by atoms with Crippen LogP contribution < -0.4 is 10.6 Å². The molecule has 2 heterocycles. The minimum absolute atomic E-state index is 0. The lowest BCUT2D eigenvalue weighted by atomic mass is 10.1. The fourth-order valence-corrected chi connectivity index (χ4v) is 2.54. The third kappa shape index (κ3) is 7.19. The first-order chi connectivity index (χ1) is 11.6. The van der Waals surface area contributed by atoms with Crippen LogP contribution in [0.25, 0.3) is 0 Å². The number of guanidine groups is 1. The molecule has 2 aromatic heterocycles. The Bertz CT molecular complexity index is 653. The highest BCUT2D eigenvalue weighted by atomic mass is 127. The molecule has 0 spiro atoms. The van der Waals surface area contributed by atoms with E-state index in [9.17, 15) is 0 Å². The third-order valence-corrected chi connectivity index (χ3v) is 4.02. The lowest BCUT2D eigenvalue weighted by molar-refractivity contribution is 0.392. The highest BCUT2D eigenvalue weighted by Crippen LogP contribution is 2.13. The Balaban J connectivity index is 0.00000312. The standard InChI is InChI=1S/C17H24ClN5O.HI/c1-12-15(13(2)24-23-12)5-4-9-20-17(19-3)21-10-8-14-6-7-16(18)22-11-14;/h6-7,11H,4-5,8-10H2,1-3H3,(H2,19,20,21);1H. The van der Waals surface area contributed by atoms with Crippen LogP contribution in [0.1, 0.15) is 29.0 Å². The summed E-state index contributed by atoms with van der Waals surface area (Å²) in [5, 5.41) is 11.1. The van der Waals surface area contributed by atoms with Crippen molar-refractivity contribution in [1.29, 1.82) is 0 Å². The van der Waals surface area contributed by atoms with E-state index in [0.29, 0.717) is 5.15 Å². The summed E-state index contributed by atoms with van der Waals surface area (Å²) in [4.78, 5) is 8.31. The molecule has 2 rings (SSSR count). The number of halogens is 2. The number of aromatic nitrogens is 2. The second-order valence-corrected chi connectivity index (χ2v) is 5.96. The van der Waals surface area contributed by atoms with Gasteiger partial charge in [-0.3, -0.25) is 4.99 Å². The molecule has 8 heteroatoms. The summed E-state index contributed by atoms with van der Waals surface area (Å²) in [6.45, 7) is 5.55. The average Bonchev–Trinajstić information content (AvgIpc) is 2.90. The summed E-state index contributed by atoms with van der Waals surface area (Å²) >= 11 is 5.78. The highest BCUT2D eigenvalue weighted by molar-refractivity contribution is 14.0. The molecule has 0 saturated carbocycles. The van der Waals surface area contributed by atoms with Gasteiger partial charge in [-0.25, -0.2) is 4.98 Å². The van der Waals surface area contributed by atoms with Crippen LogP contribution in [-0.4, -0.2) is 36.2 Å². The van der Waals surface area contributed by atoms with E-state index in [1.165, 1.54) is 5.56 Å². The maximum absolute atomic E-state index is 5.78. The van der Waals surface area contributed by atoms with Gasteiger partial charge in [0.2, 0.25) is 0 Å². The predicted molar refractivity (Wildman–Crippen MR) is 112 cm³/mol. The minimum Gasteiger partial charge on any atom is -0.361 e. The van der Waals surface area contributed by atoms with E-state index in [1.54, 1.807) is 19.3 Å².